The van der Waals surface area contributed by atoms with Gasteiger partial charge in [-0.3, -0.25) is 9.36 Å². The number of halogens is 3. The zero-order chi connectivity index (χ0) is 22.9. The van der Waals surface area contributed by atoms with Crippen molar-refractivity contribution in [1.29, 1.82) is 0 Å². The van der Waals surface area contributed by atoms with Crippen LogP contribution in [0.25, 0.3) is 0 Å². The molecule has 2 atom stereocenters. The summed E-state index contributed by atoms with van der Waals surface area (Å²) < 4.78 is 53.6. The van der Waals surface area contributed by atoms with E-state index in [9.17, 15) is 23.1 Å². The van der Waals surface area contributed by atoms with E-state index in [-0.39, 0.29) is 18.9 Å². The van der Waals surface area contributed by atoms with Crippen LogP contribution in [0.1, 0.15) is 18.1 Å². The van der Waals surface area contributed by atoms with Gasteiger partial charge in [-0.05, 0) is 12.5 Å². The second-order valence-electron chi connectivity index (χ2n) is 7.76. The number of para-hydroxylation sites is 1. The van der Waals surface area contributed by atoms with Crippen molar-refractivity contribution in [2.45, 2.75) is 31.3 Å². The number of rotatable bonds is 5. The van der Waals surface area contributed by atoms with Gasteiger partial charge >= 0.3 is 6.18 Å². The summed E-state index contributed by atoms with van der Waals surface area (Å²) in [5.41, 5.74) is -0.0615. The van der Waals surface area contributed by atoms with E-state index in [1.165, 1.54) is 17.7 Å². The first-order chi connectivity index (χ1) is 15.3. The molecule has 0 spiro atoms. The molecule has 1 unspecified atom stereocenters. The lowest BCUT2D eigenvalue weighted by molar-refractivity contribution is -0.153. The molecule has 3 heterocycles. The Hall–Kier alpha value is -2.79. The van der Waals surface area contributed by atoms with Crippen LogP contribution in [-0.2, 0) is 11.3 Å². The van der Waals surface area contributed by atoms with E-state index in [1.54, 1.807) is 24.3 Å². The van der Waals surface area contributed by atoms with Gasteiger partial charge in [0.15, 0.2) is 0 Å². The first-order valence-corrected chi connectivity index (χ1v) is 10.4. The Bertz CT molecular complexity index is 1010. The second-order valence-corrected chi connectivity index (χ2v) is 7.76. The maximum atomic E-state index is 13.9. The molecule has 0 bridgehead atoms. The molecule has 11 heteroatoms. The second kappa shape index (κ2) is 8.99. The average Bonchev–Trinajstić information content (AvgIpc) is 2.79. The molecule has 1 fully saturated rings. The molecule has 0 saturated carbocycles. The van der Waals surface area contributed by atoms with Crippen molar-refractivity contribution in [2.24, 2.45) is 0 Å². The zero-order valence-corrected chi connectivity index (χ0v) is 17.6. The van der Waals surface area contributed by atoms with Crippen molar-refractivity contribution in [2.75, 3.05) is 49.8 Å². The van der Waals surface area contributed by atoms with Gasteiger partial charge in [-0.2, -0.15) is 18.2 Å². The number of aliphatic hydroxyl groups excluding tert-OH is 1. The van der Waals surface area contributed by atoms with E-state index >= 15 is 0 Å². The molecule has 1 aromatic carbocycles. The number of aliphatic hydroxyl groups is 1. The highest BCUT2D eigenvalue weighted by Gasteiger charge is 2.47. The van der Waals surface area contributed by atoms with Gasteiger partial charge in [0.2, 0.25) is 5.95 Å². The van der Waals surface area contributed by atoms with E-state index in [0.29, 0.717) is 43.4 Å². The number of hydrogen-bond donors (Lipinski definition) is 1. The number of alkyl halides is 3. The highest BCUT2D eigenvalue weighted by Crippen LogP contribution is 2.36. The maximum Gasteiger partial charge on any atom is 0.408 e. The fraction of sp³-hybridized carbons (Fsp3) is 0.524. The van der Waals surface area contributed by atoms with Crippen LogP contribution >= 0.6 is 0 Å². The Labute approximate surface area is 182 Å². The number of fused-ring (bicyclic) bond motifs is 1. The third-order valence-corrected chi connectivity index (χ3v) is 5.81. The number of aromatic nitrogens is 2. The normalized spacial score (nSPS) is 20.1. The van der Waals surface area contributed by atoms with Gasteiger partial charge in [0.25, 0.3) is 5.56 Å². The topological polar surface area (TPSA) is 80.1 Å². The average molecular weight is 454 g/mol. The van der Waals surface area contributed by atoms with Crippen molar-refractivity contribution >= 4 is 11.8 Å². The van der Waals surface area contributed by atoms with Crippen LogP contribution in [0.2, 0.25) is 0 Å². The van der Waals surface area contributed by atoms with Crippen molar-refractivity contribution < 1.29 is 27.8 Å². The van der Waals surface area contributed by atoms with Crippen LogP contribution in [-0.4, -0.2) is 66.8 Å². The van der Waals surface area contributed by atoms with E-state index < -0.39 is 30.4 Å². The number of anilines is 2. The number of β-amino-alcohol motifs (C(OH)–C–C–N with tert-alkyl or cyclic N) is 1. The van der Waals surface area contributed by atoms with E-state index in [4.69, 9.17) is 9.47 Å². The standard InChI is InChI=1S/C21H25F3N4O4/c1-31-16-5-3-2-4-14(16)15(29)13-28-17(21(22,23)24)6-7-27-19(30)12-18(25-20(27)28)26-8-10-32-11-9-26/h2-5,12,15,17,29H,6-11,13H2,1H3/t15-,17?/m1/s1. The molecule has 4 rings (SSSR count). The van der Waals surface area contributed by atoms with Crippen LogP contribution in [0.5, 0.6) is 5.75 Å². The summed E-state index contributed by atoms with van der Waals surface area (Å²) in [7, 11) is 1.43. The fourth-order valence-corrected chi connectivity index (χ4v) is 4.19. The van der Waals surface area contributed by atoms with Gasteiger partial charge in [-0.1, -0.05) is 18.2 Å². The van der Waals surface area contributed by atoms with Crippen LogP contribution in [0.3, 0.4) is 0 Å². The van der Waals surface area contributed by atoms with Gasteiger partial charge in [-0.15, -0.1) is 0 Å². The van der Waals surface area contributed by atoms with E-state index in [0.717, 1.165) is 4.90 Å². The van der Waals surface area contributed by atoms with Gasteiger partial charge in [0.05, 0.1) is 26.9 Å². The lowest BCUT2D eigenvalue weighted by Crippen LogP contribution is -2.54. The van der Waals surface area contributed by atoms with Gasteiger partial charge < -0.3 is 24.4 Å². The molecule has 174 valence electrons. The molecular formula is C21H25F3N4O4. The van der Waals surface area contributed by atoms with Gasteiger partial charge in [0.1, 0.15) is 23.7 Å². The van der Waals surface area contributed by atoms with Crippen LogP contribution in [0.15, 0.2) is 35.1 Å². The molecule has 1 saturated heterocycles. The minimum Gasteiger partial charge on any atom is -0.496 e. The summed E-state index contributed by atoms with van der Waals surface area (Å²) in [5.74, 6) is 0.582. The van der Waals surface area contributed by atoms with Crippen molar-refractivity contribution in [3.05, 3.63) is 46.2 Å². The third kappa shape index (κ3) is 4.40. The number of ether oxygens (including phenoxy) is 2. The summed E-state index contributed by atoms with van der Waals surface area (Å²) >= 11 is 0. The smallest absolute Gasteiger partial charge is 0.408 e. The van der Waals surface area contributed by atoms with Crippen LogP contribution < -0.4 is 20.1 Å². The van der Waals surface area contributed by atoms with Gasteiger partial charge in [0, 0.05) is 31.3 Å². The lowest BCUT2D eigenvalue weighted by Gasteiger charge is -2.40. The summed E-state index contributed by atoms with van der Waals surface area (Å²) in [4.78, 5) is 20.0. The number of benzene rings is 1. The molecule has 2 aliphatic heterocycles. The van der Waals surface area contributed by atoms with Crippen LogP contribution in [0, 0.1) is 0 Å². The Balaban J connectivity index is 1.74. The molecule has 0 radical (unpaired) electrons. The quantitative estimate of drug-likeness (QED) is 0.740. The Morgan fingerprint density at radius 1 is 1.25 bits per heavy atom. The molecule has 0 amide bonds. The number of hydrogen-bond acceptors (Lipinski definition) is 7. The minimum absolute atomic E-state index is 0.0958. The van der Waals surface area contributed by atoms with E-state index in [1.807, 2.05) is 4.90 Å². The molecule has 0 aliphatic carbocycles. The van der Waals surface area contributed by atoms with Gasteiger partial charge in [-0.25, -0.2) is 0 Å². The summed E-state index contributed by atoms with van der Waals surface area (Å²) in [6.07, 6.45) is -6.15. The molecular weight excluding hydrogens is 429 g/mol. The van der Waals surface area contributed by atoms with Crippen molar-refractivity contribution in [3.63, 3.8) is 0 Å². The summed E-state index contributed by atoms with van der Waals surface area (Å²) in [6, 6.07) is 6.07. The molecule has 2 aromatic rings. The fourth-order valence-electron chi connectivity index (χ4n) is 4.19. The first kappa shape index (κ1) is 22.4. The lowest BCUT2D eigenvalue weighted by atomic mass is 10.0. The first-order valence-electron chi connectivity index (χ1n) is 10.4. The molecule has 2 aliphatic rings. The maximum absolute atomic E-state index is 13.9. The Morgan fingerprint density at radius 3 is 2.66 bits per heavy atom. The SMILES string of the molecule is COc1ccccc1[C@H](O)CN1c2nc(N3CCOCC3)cc(=O)n2CCC1C(F)(F)F. The zero-order valence-electron chi connectivity index (χ0n) is 17.6. The predicted molar refractivity (Wildman–Crippen MR) is 111 cm³/mol. The highest BCUT2D eigenvalue weighted by molar-refractivity contribution is 5.47. The Morgan fingerprint density at radius 2 is 1.97 bits per heavy atom. The number of methoxy groups -OCH3 is 1. The van der Waals surface area contributed by atoms with Crippen molar-refractivity contribution in [3.8, 4) is 5.75 Å². The molecule has 32 heavy (non-hydrogen) atoms. The van der Waals surface area contributed by atoms with E-state index in [2.05, 4.69) is 4.98 Å². The highest BCUT2D eigenvalue weighted by atomic mass is 19.4. The number of nitrogens with zero attached hydrogens (tertiary/aromatic N) is 4. The monoisotopic (exact) mass is 454 g/mol. The van der Waals surface area contributed by atoms with Crippen molar-refractivity contribution in [1.82, 2.24) is 9.55 Å². The van der Waals surface area contributed by atoms with Crippen LogP contribution in [0.4, 0.5) is 24.9 Å². The molecule has 1 N–H and O–H groups in total. The largest absolute Gasteiger partial charge is 0.496 e. The third-order valence-electron chi connectivity index (χ3n) is 5.81. The number of morpholine rings is 1. The Kier molecular flexibility index (Phi) is 6.29. The summed E-state index contributed by atoms with van der Waals surface area (Å²) in [6.45, 7) is 1.37. The predicted octanol–water partition coefficient (Wildman–Crippen LogP) is 1.96. The minimum atomic E-state index is -4.56. The summed E-state index contributed by atoms with van der Waals surface area (Å²) in [5, 5.41) is 10.8. The molecule has 1 aromatic heterocycles. The molecule has 8 nitrogen and oxygen atoms in total.